The van der Waals surface area contributed by atoms with E-state index in [-0.39, 0.29) is 5.41 Å². The fourth-order valence-electron chi connectivity index (χ4n) is 11.1. The van der Waals surface area contributed by atoms with Crippen LogP contribution in [-0.4, -0.2) is 8.07 Å². The van der Waals surface area contributed by atoms with Gasteiger partial charge in [-0.2, -0.15) is 0 Å². The third kappa shape index (κ3) is 6.28. The minimum Gasteiger partial charge on any atom is -0.310 e. The summed E-state index contributed by atoms with van der Waals surface area (Å²) in [7, 11) is -2.76. The van der Waals surface area contributed by atoms with E-state index in [2.05, 4.69) is 267 Å². The summed E-state index contributed by atoms with van der Waals surface area (Å²) in [5.74, 6) is 0. The molecule has 0 spiro atoms. The van der Waals surface area contributed by atoms with Crippen molar-refractivity contribution in [1.82, 2.24) is 0 Å². The largest absolute Gasteiger partial charge is 0.310 e. The summed E-state index contributed by atoms with van der Waals surface area (Å²) in [6.45, 7) is 4.72. The predicted octanol–water partition coefficient (Wildman–Crippen LogP) is 13.8. The highest BCUT2D eigenvalue weighted by molar-refractivity contribution is 7.22. The lowest BCUT2D eigenvalue weighted by molar-refractivity contribution is 0.660. The van der Waals surface area contributed by atoms with Crippen molar-refractivity contribution in [3.8, 4) is 55.6 Å². The lowest BCUT2D eigenvalue weighted by Crippen LogP contribution is -2.72. The molecule has 10 aromatic carbocycles. The molecule has 0 bridgehead atoms. The highest BCUT2D eigenvalue weighted by atomic mass is 28.3. The molecule has 0 radical (unpaired) electrons. The zero-order valence-corrected chi connectivity index (χ0v) is 37.6. The van der Waals surface area contributed by atoms with Gasteiger partial charge >= 0.3 is 0 Å². The van der Waals surface area contributed by atoms with Crippen molar-refractivity contribution >= 4 is 45.9 Å². The second-order valence-electron chi connectivity index (χ2n) is 18.1. The number of anilines is 3. The van der Waals surface area contributed by atoms with Crippen LogP contribution in [0.4, 0.5) is 17.1 Å². The number of hydrogen-bond donors (Lipinski definition) is 0. The van der Waals surface area contributed by atoms with E-state index in [0.717, 1.165) is 17.1 Å². The van der Waals surface area contributed by atoms with E-state index < -0.39 is 8.07 Å². The number of fused-ring (bicyclic) bond motifs is 6. The maximum atomic E-state index is 2.50. The zero-order valence-electron chi connectivity index (χ0n) is 36.6. The molecular formula is C63H47NSi. The Hall–Kier alpha value is -7.78. The average molecular weight is 846 g/mol. The maximum Gasteiger partial charge on any atom is 0.180 e. The molecule has 0 fully saturated rings. The molecule has 1 nitrogen and oxygen atoms in total. The Kier molecular flexibility index (Phi) is 9.26. The van der Waals surface area contributed by atoms with Gasteiger partial charge in [0.2, 0.25) is 0 Å². The van der Waals surface area contributed by atoms with Gasteiger partial charge in [-0.25, -0.2) is 0 Å². The van der Waals surface area contributed by atoms with Crippen molar-refractivity contribution in [2.24, 2.45) is 0 Å². The van der Waals surface area contributed by atoms with Crippen LogP contribution in [-0.2, 0) is 5.41 Å². The lowest BCUT2D eigenvalue weighted by Gasteiger charge is -2.33. The molecule has 1 aliphatic heterocycles. The van der Waals surface area contributed by atoms with Gasteiger partial charge in [-0.05, 0) is 136 Å². The van der Waals surface area contributed by atoms with Crippen LogP contribution >= 0.6 is 0 Å². The molecule has 0 atom stereocenters. The SMILES string of the molecule is CC1(C)c2ccccc2-c2ccc(-c3ccc(N(c4cc(-c5ccccc5)cc(-c5ccccc5)c4)c4cccc([Si]5(c6ccccc6)c6ccccc6-c6ccccc65)c4)cc3)cc21. The molecule has 2 aliphatic rings. The smallest absolute Gasteiger partial charge is 0.180 e. The summed E-state index contributed by atoms with van der Waals surface area (Å²) >= 11 is 0. The molecule has 10 aromatic rings. The number of nitrogens with zero attached hydrogens (tertiary/aromatic N) is 1. The van der Waals surface area contributed by atoms with E-state index in [4.69, 9.17) is 0 Å². The summed E-state index contributed by atoms with van der Waals surface area (Å²) in [5.41, 5.74) is 18.6. The first-order valence-corrected chi connectivity index (χ1v) is 24.7. The summed E-state index contributed by atoms with van der Waals surface area (Å²) in [6.07, 6.45) is 0. The molecule has 0 unspecified atom stereocenters. The first-order valence-electron chi connectivity index (χ1n) is 22.7. The van der Waals surface area contributed by atoms with Gasteiger partial charge in [0.25, 0.3) is 0 Å². The molecular weight excluding hydrogens is 799 g/mol. The van der Waals surface area contributed by atoms with Crippen molar-refractivity contribution in [3.05, 3.63) is 260 Å². The first kappa shape index (κ1) is 38.9. The Morgan fingerprint density at radius 1 is 0.292 bits per heavy atom. The zero-order chi connectivity index (χ0) is 43.5. The Morgan fingerprint density at radius 2 is 0.785 bits per heavy atom. The Labute approximate surface area is 383 Å². The van der Waals surface area contributed by atoms with Crippen molar-refractivity contribution in [2.45, 2.75) is 19.3 Å². The molecule has 0 N–H and O–H groups in total. The van der Waals surface area contributed by atoms with Crippen LogP contribution < -0.4 is 25.6 Å². The normalized spacial score (nSPS) is 13.6. The molecule has 308 valence electrons. The lowest BCUT2D eigenvalue weighted by atomic mass is 9.81. The van der Waals surface area contributed by atoms with E-state index in [1.807, 2.05) is 0 Å². The highest BCUT2D eigenvalue weighted by Crippen LogP contribution is 2.50. The van der Waals surface area contributed by atoms with E-state index >= 15 is 0 Å². The Bertz CT molecular complexity index is 3290. The number of hydrogen-bond acceptors (Lipinski definition) is 1. The van der Waals surface area contributed by atoms with Crippen LogP contribution in [0.15, 0.2) is 249 Å². The highest BCUT2D eigenvalue weighted by Gasteiger charge is 2.48. The van der Waals surface area contributed by atoms with Gasteiger partial charge in [0.05, 0.1) is 0 Å². The van der Waals surface area contributed by atoms with E-state index in [0.29, 0.717) is 0 Å². The standard InChI is InChI=1S/C63H47NSi/c1-63(2)59-30-15-12-27-55(59)56-38-35-47(42-60(56)63)46-33-36-50(37-34-46)64(52-40-48(44-19-6-3-7-20-44)39-49(41-52)45-21-8-4-9-22-45)51-23-18-26-54(43-51)65(53-24-10-5-11-25-53)61-31-16-13-28-57(61)58-29-14-17-32-62(58)65/h3-43H,1-2H3. The van der Waals surface area contributed by atoms with Crippen LogP contribution in [0.25, 0.3) is 55.6 Å². The van der Waals surface area contributed by atoms with Crippen LogP contribution in [0.5, 0.6) is 0 Å². The third-order valence-electron chi connectivity index (χ3n) is 14.1. The van der Waals surface area contributed by atoms with Gasteiger partial charge in [0, 0.05) is 22.5 Å². The molecule has 0 aromatic heterocycles. The van der Waals surface area contributed by atoms with Crippen molar-refractivity contribution in [2.75, 3.05) is 4.90 Å². The van der Waals surface area contributed by atoms with Gasteiger partial charge in [-0.1, -0.05) is 214 Å². The van der Waals surface area contributed by atoms with Crippen molar-refractivity contribution < 1.29 is 0 Å². The number of rotatable bonds is 8. The second kappa shape index (κ2) is 15.5. The molecule has 1 aliphatic carbocycles. The van der Waals surface area contributed by atoms with E-state index in [1.54, 1.807) is 0 Å². The molecule has 2 heteroatoms. The van der Waals surface area contributed by atoms with E-state index in [1.165, 1.54) is 87.5 Å². The van der Waals surface area contributed by atoms with Crippen LogP contribution in [0.2, 0.25) is 0 Å². The summed E-state index contributed by atoms with van der Waals surface area (Å²) in [4.78, 5) is 2.48. The minimum atomic E-state index is -2.76. The fraction of sp³-hybridized carbons (Fsp3) is 0.0476. The molecule has 0 amide bonds. The first-order chi connectivity index (χ1) is 32.0. The van der Waals surface area contributed by atoms with Crippen molar-refractivity contribution in [1.29, 1.82) is 0 Å². The van der Waals surface area contributed by atoms with Crippen LogP contribution in [0.1, 0.15) is 25.0 Å². The van der Waals surface area contributed by atoms with Gasteiger partial charge in [0.15, 0.2) is 8.07 Å². The molecule has 0 saturated heterocycles. The predicted molar refractivity (Wildman–Crippen MR) is 278 cm³/mol. The third-order valence-corrected chi connectivity index (χ3v) is 19.0. The monoisotopic (exact) mass is 845 g/mol. The fourth-order valence-corrected chi connectivity index (χ4v) is 16.3. The Morgan fingerprint density at radius 3 is 1.42 bits per heavy atom. The van der Waals surface area contributed by atoms with Crippen LogP contribution in [0, 0.1) is 0 Å². The molecule has 0 saturated carbocycles. The average Bonchev–Trinajstić information content (AvgIpc) is 3.80. The summed E-state index contributed by atoms with van der Waals surface area (Å²) in [6, 6.07) is 92.9. The van der Waals surface area contributed by atoms with Gasteiger partial charge in [-0.15, -0.1) is 0 Å². The summed E-state index contributed by atoms with van der Waals surface area (Å²) in [5, 5.41) is 5.64. The molecule has 12 rings (SSSR count). The minimum absolute atomic E-state index is 0.0648. The summed E-state index contributed by atoms with van der Waals surface area (Å²) < 4.78 is 0. The molecule has 65 heavy (non-hydrogen) atoms. The second-order valence-corrected chi connectivity index (χ2v) is 21.8. The maximum absolute atomic E-state index is 2.76. The van der Waals surface area contributed by atoms with Crippen LogP contribution in [0.3, 0.4) is 0 Å². The van der Waals surface area contributed by atoms with Gasteiger partial charge in [-0.3, -0.25) is 0 Å². The van der Waals surface area contributed by atoms with Crippen molar-refractivity contribution in [3.63, 3.8) is 0 Å². The topological polar surface area (TPSA) is 3.24 Å². The van der Waals surface area contributed by atoms with Gasteiger partial charge in [0.1, 0.15) is 0 Å². The molecule has 1 heterocycles. The van der Waals surface area contributed by atoms with E-state index in [9.17, 15) is 0 Å². The quantitative estimate of drug-likeness (QED) is 0.138. The number of benzene rings is 10. The van der Waals surface area contributed by atoms with Gasteiger partial charge < -0.3 is 4.90 Å². The Balaban J connectivity index is 1.06.